The van der Waals surface area contributed by atoms with Crippen molar-refractivity contribution in [3.8, 4) is 11.5 Å². The summed E-state index contributed by atoms with van der Waals surface area (Å²) in [6.07, 6.45) is 4.67. The number of hydrogen-bond acceptors (Lipinski definition) is 7. The Labute approximate surface area is 169 Å². The molecule has 1 unspecified atom stereocenters. The number of sulfonamides is 1. The average Bonchev–Trinajstić information content (AvgIpc) is 3.23. The Morgan fingerprint density at radius 1 is 1.14 bits per heavy atom. The van der Waals surface area contributed by atoms with E-state index in [4.69, 9.17) is 9.26 Å². The topological polar surface area (TPSA) is 98.4 Å². The summed E-state index contributed by atoms with van der Waals surface area (Å²) >= 11 is 0. The number of hydrogen-bond donors (Lipinski definition) is 0. The van der Waals surface area contributed by atoms with Crippen LogP contribution in [0.1, 0.15) is 24.2 Å². The molecule has 9 heteroatoms. The molecule has 0 N–H and O–H groups in total. The Kier molecular flexibility index (Phi) is 5.98. The SMILES string of the molecule is O=S(=O)(Cc1ccccc1)N1CCCC(OCc2noc(-c3ccncc3)n2)C1. The van der Waals surface area contributed by atoms with Gasteiger partial charge in [-0.15, -0.1) is 0 Å². The summed E-state index contributed by atoms with van der Waals surface area (Å²) in [4.78, 5) is 8.29. The van der Waals surface area contributed by atoms with Gasteiger partial charge in [0.25, 0.3) is 5.89 Å². The Hall–Kier alpha value is -2.62. The molecule has 0 amide bonds. The Morgan fingerprint density at radius 3 is 2.72 bits per heavy atom. The van der Waals surface area contributed by atoms with E-state index in [0.29, 0.717) is 24.8 Å². The van der Waals surface area contributed by atoms with Crippen LogP contribution in [0.2, 0.25) is 0 Å². The predicted molar refractivity (Wildman–Crippen MR) is 106 cm³/mol. The molecule has 1 fully saturated rings. The molecular formula is C20H22N4O4S. The molecule has 0 spiro atoms. The quantitative estimate of drug-likeness (QED) is 0.586. The van der Waals surface area contributed by atoms with Crippen molar-refractivity contribution in [2.45, 2.75) is 31.3 Å². The number of aromatic nitrogens is 3. The maximum absolute atomic E-state index is 12.8. The fraction of sp³-hybridized carbons (Fsp3) is 0.350. The van der Waals surface area contributed by atoms with Crippen molar-refractivity contribution in [2.75, 3.05) is 13.1 Å². The minimum Gasteiger partial charge on any atom is -0.369 e. The molecule has 0 bridgehead atoms. The Morgan fingerprint density at radius 2 is 1.93 bits per heavy atom. The van der Waals surface area contributed by atoms with Crippen LogP contribution in [0.5, 0.6) is 0 Å². The number of piperidine rings is 1. The third-order valence-electron chi connectivity index (χ3n) is 4.77. The van der Waals surface area contributed by atoms with Crippen LogP contribution < -0.4 is 0 Å². The molecule has 1 atom stereocenters. The van der Waals surface area contributed by atoms with Gasteiger partial charge in [0.2, 0.25) is 10.0 Å². The molecule has 1 saturated heterocycles. The zero-order valence-corrected chi connectivity index (χ0v) is 16.7. The van der Waals surface area contributed by atoms with Crippen molar-refractivity contribution < 1.29 is 17.7 Å². The maximum atomic E-state index is 12.8. The molecule has 4 rings (SSSR count). The van der Waals surface area contributed by atoms with Gasteiger partial charge in [-0.3, -0.25) is 4.98 Å². The van der Waals surface area contributed by atoms with E-state index in [2.05, 4.69) is 15.1 Å². The second kappa shape index (κ2) is 8.81. The molecule has 1 aromatic carbocycles. The minimum atomic E-state index is -3.39. The van der Waals surface area contributed by atoms with E-state index < -0.39 is 10.0 Å². The van der Waals surface area contributed by atoms with Crippen LogP contribution in [0.4, 0.5) is 0 Å². The van der Waals surface area contributed by atoms with E-state index in [9.17, 15) is 8.42 Å². The van der Waals surface area contributed by atoms with E-state index in [1.54, 1.807) is 24.5 Å². The van der Waals surface area contributed by atoms with Gasteiger partial charge in [-0.1, -0.05) is 35.5 Å². The highest BCUT2D eigenvalue weighted by Crippen LogP contribution is 2.21. The van der Waals surface area contributed by atoms with Crippen LogP contribution in [0.3, 0.4) is 0 Å². The second-order valence-electron chi connectivity index (χ2n) is 6.93. The largest absolute Gasteiger partial charge is 0.369 e. The fourth-order valence-electron chi connectivity index (χ4n) is 3.29. The van der Waals surface area contributed by atoms with Gasteiger partial charge in [-0.2, -0.15) is 9.29 Å². The molecule has 152 valence electrons. The number of nitrogens with zero attached hydrogens (tertiary/aromatic N) is 4. The second-order valence-corrected chi connectivity index (χ2v) is 8.90. The molecular weight excluding hydrogens is 392 g/mol. The lowest BCUT2D eigenvalue weighted by atomic mass is 10.1. The first-order valence-corrected chi connectivity index (χ1v) is 11.1. The Bertz CT molecular complexity index is 1020. The van der Waals surface area contributed by atoms with Crippen molar-refractivity contribution >= 4 is 10.0 Å². The van der Waals surface area contributed by atoms with Crippen molar-refractivity contribution in [2.24, 2.45) is 0 Å². The molecule has 1 aliphatic rings. The highest BCUT2D eigenvalue weighted by Gasteiger charge is 2.29. The summed E-state index contributed by atoms with van der Waals surface area (Å²) < 4.78 is 38.2. The van der Waals surface area contributed by atoms with Gasteiger partial charge in [0, 0.05) is 31.0 Å². The predicted octanol–water partition coefficient (Wildman–Crippen LogP) is 2.64. The zero-order chi connectivity index (χ0) is 20.1. The molecule has 2 aromatic heterocycles. The lowest BCUT2D eigenvalue weighted by Crippen LogP contribution is -2.43. The third-order valence-corrected chi connectivity index (χ3v) is 6.59. The number of pyridine rings is 1. The van der Waals surface area contributed by atoms with E-state index in [-0.39, 0.29) is 18.5 Å². The van der Waals surface area contributed by atoms with Gasteiger partial charge in [0.05, 0.1) is 11.9 Å². The molecule has 3 heterocycles. The van der Waals surface area contributed by atoms with E-state index in [0.717, 1.165) is 24.0 Å². The van der Waals surface area contributed by atoms with Gasteiger partial charge >= 0.3 is 0 Å². The summed E-state index contributed by atoms with van der Waals surface area (Å²) in [7, 11) is -3.39. The monoisotopic (exact) mass is 414 g/mol. The molecule has 0 saturated carbocycles. The van der Waals surface area contributed by atoms with Gasteiger partial charge < -0.3 is 9.26 Å². The van der Waals surface area contributed by atoms with Crippen LogP contribution in [-0.4, -0.2) is 47.0 Å². The first-order chi connectivity index (χ1) is 14.1. The van der Waals surface area contributed by atoms with Crippen LogP contribution in [0.25, 0.3) is 11.5 Å². The van der Waals surface area contributed by atoms with Gasteiger partial charge in [0.15, 0.2) is 5.82 Å². The summed E-state index contributed by atoms with van der Waals surface area (Å²) in [5.74, 6) is 0.837. The molecule has 29 heavy (non-hydrogen) atoms. The van der Waals surface area contributed by atoms with Crippen molar-refractivity contribution in [3.63, 3.8) is 0 Å². The minimum absolute atomic E-state index is 0.000689. The lowest BCUT2D eigenvalue weighted by molar-refractivity contribution is 0.00435. The normalized spacial score (nSPS) is 18.0. The number of ether oxygens (including phenoxy) is 1. The Balaban J connectivity index is 1.34. The average molecular weight is 414 g/mol. The molecule has 3 aromatic rings. The van der Waals surface area contributed by atoms with Gasteiger partial charge in [0.1, 0.15) is 6.61 Å². The van der Waals surface area contributed by atoms with Crippen molar-refractivity contribution in [3.05, 3.63) is 66.2 Å². The van der Waals surface area contributed by atoms with E-state index >= 15 is 0 Å². The molecule has 0 aliphatic carbocycles. The summed E-state index contributed by atoms with van der Waals surface area (Å²) in [5, 5.41) is 3.94. The lowest BCUT2D eigenvalue weighted by Gasteiger charge is -2.31. The van der Waals surface area contributed by atoms with Gasteiger partial charge in [-0.05, 0) is 30.5 Å². The van der Waals surface area contributed by atoms with Crippen LogP contribution in [0.15, 0.2) is 59.4 Å². The van der Waals surface area contributed by atoms with E-state index in [1.807, 2.05) is 30.3 Å². The fourth-order valence-corrected chi connectivity index (χ4v) is 4.88. The smallest absolute Gasteiger partial charge is 0.258 e. The van der Waals surface area contributed by atoms with Crippen molar-refractivity contribution in [1.82, 2.24) is 19.4 Å². The summed E-state index contributed by atoms with van der Waals surface area (Å²) in [5.41, 5.74) is 1.57. The molecule has 0 radical (unpaired) electrons. The summed E-state index contributed by atoms with van der Waals surface area (Å²) in [6.45, 7) is 1.03. The molecule has 8 nitrogen and oxygen atoms in total. The van der Waals surface area contributed by atoms with E-state index in [1.165, 1.54) is 4.31 Å². The first-order valence-electron chi connectivity index (χ1n) is 9.46. The third kappa shape index (κ3) is 5.06. The highest BCUT2D eigenvalue weighted by atomic mass is 32.2. The number of benzene rings is 1. The van der Waals surface area contributed by atoms with Crippen LogP contribution in [0, 0.1) is 0 Å². The van der Waals surface area contributed by atoms with Crippen LogP contribution in [-0.2, 0) is 27.1 Å². The number of rotatable bonds is 7. The highest BCUT2D eigenvalue weighted by molar-refractivity contribution is 7.88. The molecule has 1 aliphatic heterocycles. The standard InChI is InChI=1S/C20H22N4O4S/c25-29(26,15-16-5-2-1-3-6-16)24-12-4-7-18(13-24)27-14-19-22-20(28-23-19)17-8-10-21-11-9-17/h1-3,5-6,8-11,18H,4,7,12-15H2. The van der Waals surface area contributed by atoms with Crippen molar-refractivity contribution in [1.29, 1.82) is 0 Å². The first kappa shape index (κ1) is 19.7. The maximum Gasteiger partial charge on any atom is 0.258 e. The summed E-state index contributed by atoms with van der Waals surface area (Å²) in [6, 6.07) is 12.8. The van der Waals surface area contributed by atoms with Crippen LogP contribution >= 0.6 is 0 Å². The van der Waals surface area contributed by atoms with Gasteiger partial charge in [-0.25, -0.2) is 8.42 Å². The zero-order valence-electron chi connectivity index (χ0n) is 15.8.